The van der Waals surface area contributed by atoms with Gasteiger partial charge < -0.3 is 10.5 Å². The number of ether oxygens (including phenoxy) is 1. The number of benzene rings is 1. The molecule has 1 aliphatic heterocycles. The molecule has 0 unspecified atom stereocenters. The molecule has 2 heterocycles. The molecule has 2 N–H and O–H groups in total. The molecule has 1 aliphatic carbocycles. The molecule has 4 rings (SSSR count). The Hall–Kier alpha value is -2.84. The number of ketones is 1. The highest BCUT2D eigenvalue weighted by atomic mass is 35.5. The molecule has 0 saturated heterocycles. The van der Waals surface area contributed by atoms with Crippen LogP contribution in [0.2, 0.25) is 5.15 Å². The number of aryl methyl sites for hydroxylation is 2. The average Bonchev–Trinajstić information content (AvgIpc) is 2.59. The van der Waals surface area contributed by atoms with E-state index in [0.717, 1.165) is 22.0 Å². The van der Waals surface area contributed by atoms with Crippen LogP contribution in [0.15, 0.2) is 41.0 Å². The van der Waals surface area contributed by atoms with Crippen molar-refractivity contribution < 1.29 is 9.53 Å². The maximum atomic E-state index is 13.1. The second kappa shape index (κ2) is 6.60. The molecule has 148 valence electrons. The number of carbonyl (C=O) groups is 1. The van der Waals surface area contributed by atoms with Gasteiger partial charge >= 0.3 is 0 Å². The summed E-state index contributed by atoms with van der Waals surface area (Å²) in [7, 11) is 0. The van der Waals surface area contributed by atoms with E-state index in [9.17, 15) is 10.1 Å². The molecule has 5 nitrogen and oxygen atoms in total. The van der Waals surface area contributed by atoms with Crippen LogP contribution in [0.5, 0.6) is 0 Å². The Kier molecular flexibility index (Phi) is 4.43. The molecule has 0 spiro atoms. The lowest BCUT2D eigenvalue weighted by Crippen LogP contribution is -2.33. The van der Waals surface area contributed by atoms with Crippen molar-refractivity contribution in [3.63, 3.8) is 0 Å². The van der Waals surface area contributed by atoms with Gasteiger partial charge in [-0.3, -0.25) is 4.79 Å². The molecule has 0 saturated carbocycles. The molecule has 1 atom stereocenters. The summed E-state index contributed by atoms with van der Waals surface area (Å²) in [4.78, 5) is 17.7. The van der Waals surface area contributed by atoms with Gasteiger partial charge in [-0.15, -0.1) is 0 Å². The molecule has 6 heteroatoms. The fourth-order valence-corrected chi connectivity index (χ4v) is 4.69. The number of Topliss-reactive ketones (excluding diaryl/α,β-unsaturated/α-hetero) is 1. The number of hydrogen-bond acceptors (Lipinski definition) is 5. The summed E-state index contributed by atoms with van der Waals surface area (Å²) in [5.41, 5.74) is 10.1. The standard InChI is InChI=1S/C23H22ClN3O2/c1-11-5-12(2)20-13(6-11)7-14(21(24)27-20)18-15(10-25)22(26)29-17-9-23(3,4)8-16(28)19(17)18/h5-7,18H,8-9,26H2,1-4H3/t18-/m1/s1. The van der Waals surface area contributed by atoms with Crippen LogP contribution < -0.4 is 5.73 Å². The number of carbonyl (C=O) groups excluding carboxylic acids is 1. The number of hydrogen-bond donors (Lipinski definition) is 1. The predicted octanol–water partition coefficient (Wildman–Crippen LogP) is 4.96. The smallest absolute Gasteiger partial charge is 0.205 e. The zero-order valence-corrected chi connectivity index (χ0v) is 17.6. The number of halogens is 1. The summed E-state index contributed by atoms with van der Waals surface area (Å²) in [5, 5.41) is 11.0. The molecule has 0 radical (unpaired) electrons. The number of fused-ring (bicyclic) bond motifs is 1. The Morgan fingerprint density at radius 2 is 2.00 bits per heavy atom. The van der Waals surface area contributed by atoms with Gasteiger partial charge in [-0.1, -0.05) is 37.1 Å². The zero-order chi connectivity index (χ0) is 21.1. The highest BCUT2D eigenvalue weighted by Crippen LogP contribution is 2.49. The SMILES string of the molecule is Cc1cc(C)c2nc(Cl)c([C@@H]3C(C#N)=C(N)OC4=C3C(=O)CC(C)(C)C4)cc2c1. The van der Waals surface area contributed by atoms with Crippen molar-refractivity contribution in [1.29, 1.82) is 5.26 Å². The molecule has 0 bridgehead atoms. The lowest BCUT2D eigenvalue weighted by atomic mass is 9.70. The summed E-state index contributed by atoms with van der Waals surface area (Å²) in [6.07, 6.45) is 0.946. The summed E-state index contributed by atoms with van der Waals surface area (Å²) in [6.45, 7) is 8.03. The van der Waals surface area contributed by atoms with E-state index in [0.29, 0.717) is 29.7 Å². The third kappa shape index (κ3) is 3.18. The van der Waals surface area contributed by atoms with Crippen molar-refractivity contribution in [1.82, 2.24) is 4.98 Å². The van der Waals surface area contributed by atoms with Gasteiger partial charge in [0, 0.05) is 29.4 Å². The van der Waals surface area contributed by atoms with Gasteiger partial charge in [0.1, 0.15) is 22.6 Å². The summed E-state index contributed by atoms with van der Waals surface area (Å²) >= 11 is 6.59. The molecule has 0 fully saturated rings. The second-order valence-electron chi connectivity index (χ2n) is 8.72. The fourth-order valence-electron chi connectivity index (χ4n) is 4.44. The van der Waals surface area contributed by atoms with Crippen LogP contribution in [0.4, 0.5) is 0 Å². The number of nitriles is 1. The van der Waals surface area contributed by atoms with E-state index < -0.39 is 5.92 Å². The number of rotatable bonds is 1. The van der Waals surface area contributed by atoms with Gasteiger partial charge in [-0.2, -0.15) is 5.26 Å². The zero-order valence-electron chi connectivity index (χ0n) is 16.9. The first-order chi connectivity index (χ1) is 13.6. The van der Waals surface area contributed by atoms with E-state index in [-0.39, 0.29) is 27.8 Å². The van der Waals surface area contributed by atoms with E-state index in [1.54, 1.807) is 0 Å². The summed E-state index contributed by atoms with van der Waals surface area (Å²) < 4.78 is 5.75. The third-order valence-electron chi connectivity index (χ3n) is 5.62. The third-order valence-corrected chi connectivity index (χ3v) is 5.92. The number of nitrogens with two attached hydrogens (primary N) is 1. The normalized spacial score (nSPS) is 21.1. The Balaban J connectivity index is 1.99. The van der Waals surface area contributed by atoms with E-state index in [4.69, 9.17) is 22.1 Å². The first-order valence-corrected chi connectivity index (χ1v) is 9.90. The van der Waals surface area contributed by atoms with Gasteiger partial charge in [0.25, 0.3) is 0 Å². The minimum absolute atomic E-state index is 0.0262. The van der Waals surface area contributed by atoms with Crippen LogP contribution in [0.25, 0.3) is 10.9 Å². The lowest BCUT2D eigenvalue weighted by Gasteiger charge is -2.37. The van der Waals surface area contributed by atoms with Crippen LogP contribution in [0.3, 0.4) is 0 Å². The summed E-state index contributed by atoms with van der Waals surface area (Å²) in [5.74, 6) is -0.154. The van der Waals surface area contributed by atoms with Crippen LogP contribution in [-0.2, 0) is 9.53 Å². The van der Waals surface area contributed by atoms with E-state index in [1.165, 1.54) is 0 Å². The van der Waals surface area contributed by atoms with E-state index in [1.807, 2.05) is 45.9 Å². The van der Waals surface area contributed by atoms with Crippen molar-refractivity contribution >= 4 is 28.3 Å². The Labute approximate surface area is 174 Å². The number of allylic oxidation sites excluding steroid dienone is 3. The molecule has 1 aromatic heterocycles. The summed E-state index contributed by atoms with van der Waals surface area (Å²) in [6, 6.07) is 8.12. The lowest BCUT2D eigenvalue weighted by molar-refractivity contribution is -0.119. The highest BCUT2D eigenvalue weighted by molar-refractivity contribution is 6.31. The Morgan fingerprint density at radius 1 is 1.28 bits per heavy atom. The highest BCUT2D eigenvalue weighted by Gasteiger charge is 2.43. The van der Waals surface area contributed by atoms with Crippen LogP contribution >= 0.6 is 11.6 Å². The maximum absolute atomic E-state index is 13.1. The quantitative estimate of drug-likeness (QED) is 0.675. The largest absolute Gasteiger partial charge is 0.444 e. The van der Waals surface area contributed by atoms with Gasteiger partial charge in [0.05, 0.1) is 11.4 Å². The predicted molar refractivity (Wildman–Crippen MR) is 112 cm³/mol. The van der Waals surface area contributed by atoms with Gasteiger partial charge in [-0.25, -0.2) is 4.98 Å². The van der Waals surface area contributed by atoms with Crippen LogP contribution in [-0.4, -0.2) is 10.8 Å². The fraction of sp³-hybridized carbons (Fsp3) is 0.348. The van der Waals surface area contributed by atoms with Crippen molar-refractivity contribution in [2.75, 3.05) is 0 Å². The monoisotopic (exact) mass is 407 g/mol. The molecule has 29 heavy (non-hydrogen) atoms. The first-order valence-electron chi connectivity index (χ1n) is 9.52. The maximum Gasteiger partial charge on any atom is 0.205 e. The Morgan fingerprint density at radius 3 is 2.69 bits per heavy atom. The van der Waals surface area contributed by atoms with Crippen molar-refractivity contribution in [3.8, 4) is 6.07 Å². The molecule has 2 aromatic rings. The van der Waals surface area contributed by atoms with Crippen molar-refractivity contribution in [2.24, 2.45) is 11.1 Å². The minimum Gasteiger partial charge on any atom is -0.444 e. The number of pyridine rings is 1. The van der Waals surface area contributed by atoms with Gasteiger partial charge in [0.15, 0.2) is 5.78 Å². The number of nitrogens with zero attached hydrogens (tertiary/aromatic N) is 2. The minimum atomic E-state index is -0.669. The van der Waals surface area contributed by atoms with Gasteiger partial charge in [0.2, 0.25) is 5.88 Å². The molecule has 2 aliphatic rings. The molecule has 0 amide bonds. The molecular formula is C23H22ClN3O2. The van der Waals surface area contributed by atoms with E-state index in [2.05, 4.69) is 11.1 Å². The molecule has 1 aromatic carbocycles. The van der Waals surface area contributed by atoms with Crippen molar-refractivity contribution in [3.05, 3.63) is 62.8 Å². The van der Waals surface area contributed by atoms with E-state index >= 15 is 0 Å². The second-order valence-corrected chi connectivity index (χ2v) is 9.08. The topological polar surface area (TPSA) is 89.0 Å². The average molecular weight is 408 g/mol. The van der Waals surface area contributed by atoms with Gasteiger partial charge in [-0.05, 0) is 37.0 Å². The van der Waals surface area contributed by atoms with Crippen molar-refractivity contribution in [2.45, 2.75) is 46.5 Å². The number of aromatic nitrogens is 1. The van der Waals surface area contributed by atoms with Crippen LogP contribution in [0.1, 0.15) is 49.3 Å². The Bertz CT molecular complexity index is 1180. The molecular weight excluding hydrogens is 386 g/mol. The first kappa shape index (κ1) is 19.5. The van der Waals surface area contributed by atoms with Crippen LogP contribution in [0, 0.1) is 30.6 Å².